The topological polar surface area (TPSA) is 115 Å². The second-order valence-electron chi connectivity index (χ2n) is 18.3. The SMILES string of the molecule is CC(C)CCCC(C)C1CCC2[C@@H]3CCC4C[C@@H](CCC=C(c5cc(Br)c(O)c(C(=O)O)c5)c5cc(Br)c(O)c(C(=O)O)c5)CC[C@]4(C)C3CC[C@]12C. The van der Waals surface area contributed by atoms with Gasteiger partial charge in [-0.1, -0.05) is 60.0 Å². The Morgan fingerprint density at radius 1 is 0.792 bits per heavy atom. The van der Waals surface area contributed by atoms with Crippen LogP contribution in [0.25, 0.3) is 5.57 Å². The maximum absolute atomic E-state index is 12.0. The second kappa shape index (κ2) is 16.0. The molecule has 2 aromatic rings. The highest BCUT2D eigenvalue weighted by molar-refractivity contribution is 9.11. The van der Waals surface area contributed by atoms with Gasteiger partial charge in [-0.25, -0.2) is 9.59 Å². The number of hydrogen-bond acceptors (Lipinski definition) is 4. The van der Waals surface area contributed by atoms with Crippen molar-refractivity contribution in [2.24, 2.45) is 58.2 Å². The van der Waals surface area contributed by atoms with Crippen molar-refractivity contribution in [1.82, 2.24) is 0 Å². The summed E-state index contributed by atoms with van der Waals surface area (Å²) in [6.45, 7) is 12.6. The molecule has 53 heavy (non-hydrogen) atoms. The number of carboxylic acids is 2. The lowest BCUT2D eigenvalue weighted by Gasteiger charge is -2.61. The minimum absolute atomic E-state index is 0.240. The molecule has 6 rings (SSSR count). The van der Waals surface area contributed by atoms with E-state index >= 15 is 0 Å². The highest BCUT2D eigenvalue weighted by atomic mass is 79.9. The zero-order valence-corrected chi connectivity index (χ0v) is 35.4. The fraction of sp³-hybridized carbons (Fsp3) is 0.644. The van der Waals surface area contributed by atoms with Gasteiger partial charge in [-0.2, -0.15) is 0 Å². The molecule has 0 radical (unpaired) electrons. The molecule has 6 nitrogen and oxygen atoms in total. The number of aromatic hydroxyl groups is 2. The number of allylic oxidation sites excluding steroid dienone is 1. The molecular formula is C45H60Br2O6. The predicted molar refractivity (Wildman–Crippen MR) is 218 cm³/mol. The lowest BCUT2D eigenvalue weighted by Crippen LogP contribution is -2.53. The molecule has 0 heterocycles. The molecule has 0 bridgehead atoms. The van der Waals surface area contributed by atoms with Crippen LogP contribution in [0, 0.1) is 58.2 Å². The predicted octanol–water partition coefficient (Wildman–Crippen LogP) is 13.0. The summed E-state index contributed by atoms with van der Waals surface area (Å²) in [5, 5.41) is 40.5. The van der Waals surface area contributed by atoms with Crippen molar-refractivity contribution in [1.29, 1.82) is 0 Å². The first-order chi connectivity index (χ1) is 25.0. The van der Waals surface area contributed by atoms with Crippen LogP contribution in [-0.4, -0.2) is 32.4 Å². The van der Waals surface area contributed by atoms with Crippen molar-refractivity contribution in [3.8, 4) is 11.5 Å². The maximum Gasteiger partial charge on any atom is 0.339 e. The lowest BCUT2D eigenvalue weighted by atomic mass is 9.44. The van der Waals surface area contributed by atoms with Gasteiger partial charge in [-0.05, 0) is 202 Å². The Morgan fingerprint density at radius 3 is 1.96 bits per heavy atom. The van der Waals surface area contributed by atoms with Crippen molar-refractivity contribution in [2.45, 2.75) is 125 Å². The molecular weight excluding hydrogens is 796 g/mol. The summed E-state index contributed by atoms with van der Waals surface area (Å²) in [4.78, 5) is 24.0. The Balaban J connectivity index is 1.17. The van der Waals surface area contributed by atoms with Gasteiger partial charge in [0.2, 0.25) is 0 Å². The molecule has 0 spiro atoms. The maximum atomic E-state index is 12.0. The van der Waals surface area contributed by atoms with Crippen LogP contribution in [0.2, 0.25) is 0 Å². The molecule has 4 aliphatic rings. The van der Waals surface area contributed by atoms with Crippen LogP contribution in [0.1, 0.15) is 156 Å². The van der Waals surface area contributed by atoms with Gasteiger partial charge >= 0.3 is 11.9 Å². The molecule has 4 saturated carbocycles. The van der Waals surface area contributed by atoms with Gasteiger partial charge in [0.1, 0.15) is 22.6 Å². The first-order valence-corrected chi connectivity index (χ1v) is 21.9. The molecule has 4 fully saturated rings. The van der Waals surface area contributed by atoms with Gasteiger partial charge in [0.15, 0.2) is 0 Å². The first kappa shape index (κ1) is 40.3. The molecule has 0 saturated heterocycles. The molecule has 4 aliphatic carbocycles. The van der Waals surface area contributed by atoms with Crippen molar-refractivity contribution >= 4 is 49.4 Å². The number of benzene rings is 2. The van der Waals surface area contributed by atoms with Crippen LogP contribution in [0.3, 0.4) is 0 Å². The molecule has 2 aromatic carbocycles. The van der Waals surface area contributed by atoms with E-state index in [0.29, 0.717) is 33.4 Å². The smallest absolute Gasteiger partial charge is 0.339 e. The quantitative estimate of drug-likeness (QED) is 0.169. The third-order valence-corrected chi connectivity index (χ3v) is 16.3. The Kier molecular flexibility index (Phi) is 12.2. The first-order valence-electron chi connectivity index (χ1n) is 20.3. The van der Waals surface area contributed by atoms with Gasteiger partial charge in [0, 0.05) is 0 Å². The van der Waals surface area contributed by atoms with E-state index in [1.54, 1.807) is 12.1 Å². The number of aromatic carboxylic acids is 2. The van der Waals surface area contributed by atoms with Gasteiger partial charge in [0.05, 0.1) is 8.95 Å². The van der Waals surface area contributed by atoms with Crippen LogP contribution in [0.4, 0.5) is 0 Å². The Hall–Kier alpha value is -2.32. The molecule has 0 amide bonds. The van der Waals surface area contributed by atoms with E-state index < -0.39 is 11.9 Å². The molecule has 4 N–H and O–H groups in total. The van der Waals surface area contributed by atoms with Gasteiger partial charge in [0.25, 0.3) is 0 Å². The van der Waals surface area contributed by atoms with Gasteiger partial charge in [-0.15, -0.1) is 0 Å². The van der Waals surface area contributed by atoms with E-state index in [1.807, 2.05) is 0 Å². The zero-order valence-electron chi connectivity index (χ0n) is 32.3. The standard InChI is InChI=1S/C45H60Br2O6/c1-25(2)8-6-9-26(3)35-14-15-36-32-13-12-30-20-27(16-18-44(30,4)37(32)17-19-45(35,36)5)10-7-11-31(28-21-33(42(50)51)40(48)38(46)23-28)29-22-34(43(52)53)41(49)39(47)24-29/h11,21-27,30,32,35-37,48-49H,6-10,12-20H2,1-5H3,(H,50,51)(H,52,53)/t26?,27-,30?,32-,35?,36?,37?,44-,45+/m0/s1. The minimum atomic E-state index is -1.26. The molecule has 8 heteroatoms. The Bertz CT molecular complexity index is 1660. The number of fused-ring (bicyclic) bond motifs is 5. The molecule has 9 atom stereocenters. The van der Waals surface area contributed by atoms with Crippen LogP contribution in [0.15, 0.2) is 39.3 Å². The monoisotopic (exact) mass is 854 g/mol. The molecule has 5 unspecified atom stereocenters. The highest BCUT2D eigenvalue weighted by Crippen LogP contribution is 2.69. The molecule has 0 aliphatic heterocycles. The van der Waals surface area contributed by atoms with E-state index in [2.05, 4.69) is 72.6 Å². The fourth-order valence-electron chi connectivity index (χ4n) is 12.3. The fourth-order valence-corrected chi connectivity index (χ4v) is 13.3. The Labute approximate surface area is 333 Å². The van der Waals surface area contributed by atoms with E-state index in [9.17, 15) is 30.0 Å². The van der Waals surface area contributed by atoms with E-state index in [0.717, 1.165) is 54.3 Å². The van der Waals surface area contributed by atoms with Crippen molar-refractivity contribution in [3.63, 3.8) is 0 Å². The molecule has 290 valence electrons. The summed E-state index contributed by atoms with van der Waals surface area (Å²) in [6, 6.07) is 6.17. The second-order valence-corrected chi connectivity index (χ2v) is 20.1. The zero-order chi connectivity index (χ0) is 38.4. The normalized spacial score (nSPS) is 31.3. The van der Waals surface area contributed by atoms with E-state index in [-0.39, 0.29) is 31.6 Å². The average molecular weight is 857 g/mol. The van der Waals surface area contributed by atoms with Crippen LogP contribution < -0.4 is 0 Å². The largest absolute Gasteiger partial charge is 0.506 e. The van der Waals surface area contributed by atoms with Crippen LogP contribution in [-0.2, 0) is 0 Å². The van der Waals surface area contributed by atoms with Gasteiger partial charge in [-0.3, -0.25) is 0 Å². The summed E-state index contributed by atoms with van der Waals surface area (Å²) in [5.74, 6) is 3.24. The molecule has 0 aromatic heterocycles. The number of carboxylic acid groups (broad SMARTS) is 2. The third kappa shape index (κ3) is 7.89. The van der Waals surface area contributed by atoms with E-state index in [1.165, 1.54) is 89.2 Å². The van der Waals surface area contributed by atoms with Crippen LogP contribution >= 0.6 is 31.9 Å². The van der Waals surface area contributed by atoms with Crippen LogP contribution in [0.5, 0.6) is 11.5 Å². The summed E-state index contributed by atoms with van der Waals surface area (Å²) >= 11 is 6.64. The highest BCUT2D eigenvalue weighted by Gasteiger charge is 2.60. The number of halogens is 2. The van der Waals surface area contributed by atoms with Crippen molar-refractivity contribution in [2.75, 3.05) is 0 Å². The minimum Gasteiger partial charge on any atom is -0.506 e. The average Bonchev–Trinajstić information content (AvgIpc) is 3.46. The third-order valence-electron chi connectivity index (χ3n) is 15.1. The number of carbonyl (C=O) groups is 2. The lowest BCUT2D eigenvalue weighted by molar-refractivity contribution is -0.121. The van der Waals surface area contributed by atoms with Gasteiger partial charge < -0.3 is 20.4 Å². The summed E-state index contributed by atoms with van der Waals surface area (Å²) in [7, 11) is 0. The number of rotatable bonds is 12. The van der Waals surface area contributed by atoms with E-state index in [4.69, 9.17) is 0 Å². The summed E-state index contributed by atoms with van der Waals surface area (Å²) in [5.41, 5.74) is 2.18. The summed E-state index contributed by atoms with van der Waals surface area (Å²) < 4.78 is 0.480. The van der Waals surface area contributed by atoms with Crippen molar-refractivity contribution < 1.29 is 30.0 Å². The number of phenols is 2. The van der Waals surface area contributed by atoms with Crippen molar-refractivity contribution in [3.05, 3.63) is 61.5 Å². The number of hydrogen-bond donors (Lipinski definition) is 4. The Morgan fingerprint density at radius 2 is 1.38 bits per heavy atom. The summed E-state index contributed by atoms with van der Waals surface area (Å²) in [6.07, 6.45) is 20.1.